The molecule has 0 bridgehead atoms. The minimum Gasteiger partial charge on any atom is -0.497 e. The van der Waals surface area contributed by atoms with Gasteiger partial charge in [0.25, 0.3) is 0 Å². The first-order chi connectivity index (χ1) is 12.3. The smallest absolute Gasteiger partial charge is 0.191 e. The predicted octanol–water partition coefficient (Wildman–Crippen LogP) is 3.74. The van der Waals surface area contributed by atoms with Gasteiger partial charge in [-0.25, -0.2) is 0 Å². The Labute approximate surface area is 172 Å². The molecule has 0 fully saturated rings. The second-order valence-electron chi connectivity index (χ2n) is 5.34. The predicted molar refractivity (Wildman–Crippen MR) is 118 cm³/mol. The maximum Gasteiger partial charge on any atom is 0.191 e. The van der Waals surface area contributed by atoms with Crippen LogP contribution in [-0.2, 0) is 13.1 Å². The lowest BCUT2D eigenvalue weighted by atomic mass is 10.2. The molecule has 0 heterocycles. The van der Waals surface area contributed by atoms with Gasteiger partial charge in [-0.2, -0.15) is 0 Å². The summed E-state index contributed by atoms with van der Waals surface area (Å²) < 4.78 is 10.9. The Morgan fingerprint density at radius 2 is 1.88 bits per heavy atom. The number of hydrogen-bond donors (Lipinski definition) is 2. The number of hydrogen-bond acceptors (Lipinski definition) is 3. The fraction of sp³-hybridized carbons (Fsp3) is 0.250. The van der Waals surface area contributed by atoms with Crippen molar-refractivity contribution in [3.05, 3.63) is 72.3 Å². The van der Waals surface area contributed by atoms with Crippen LogP contribution >= 0.6 is 24.0 Å². The number of nitrogens with zero attached hydrogens (tertiary/aromatic N) is 1. The summed E-state index contributed by atoms with van der Waals surface area (Å²) in [6.07, 6.45) is 1.73. The number of guanidine groups is 1. The quantitative estimate of drug-likeness (QED) is 0.269. The second-order valence-corrected chi connectivity index (χ2v) is 5.34. The van der Waals surface area contributed by atoms with Gasteiger partial charge in [-0.3, -0.25) is 4.99 Å². The summed E-state index contributed by atoms with van der Waals surface area (Å²) in [5, 5.41) is 6.60. The fourth-order valence-corrected chi connectivity index (χ4v) is 2.31. The lowest BCUT2D eigenvalue weighted by molar-refractivity contribution is 0.358. The molecule has 6 heteroatoms. The average Bonchev–Trinajstić information content (AvgIpc) is 2.67. The minimum absolute atomic E-state index is 0. The molecular formula is C20H26IN3O2. The molecule has 0 aliphatic carbocycles. The van der Waals surface area contributed by atoms with E-state index < -0.39 is 0 Å². The lowest BCUT2D eigenvalue weighted by Gasteiger charge is -2.14. The van der Waals surface area contributed by atoms with E-state index in [0.29, 0.717) is 19.7 Å². The lowest BCUT2D eigenvalue weighted by Crippen LogP contribution is -2.36. The Morgan fingerprint density at radius 3 is 2.62 bits per heavy atom. The summed E-state index contributed by atoms with van der Waals surface area (Å²) in [5.74, 6) is 2.41. The number of nitrogens with one attached hydrogen (secondary N) is 2. The highest BCUT2D eigenvalue weighted by atomic mass is 127. The zero-order valence-corrected chi connectivity index (χ0v) is 17.5. The maximum absolute atomic E-state index is 5.67. The van der Waals surface area contributed by atoms with Crippen molar-refractivity contribution in [2.45, 2.75) is 13.1 Å². The number of halogens is 1. The molecule has 0 amide bonds. The maximum atomic E-state index is 5.67. The molecule has 5 nitrogen and oxygen atoms in total. The summed E-state index contributed by atoms with van der Waals surface area (Å²) in [6, 6.07) is 15.9. The van der Waals surface area contributed by atoms with Crippen LogP contribution in [0.2, 0.25) is 0 Å². The number of benzene rings is 2. The van der Waals surface area contributed by atoms with Crippen LogP contribution < -0.4 is 20.1 Å². The molecule has 2 aromatic rings. The molecule has 0 saturated heterocycles. The Bertz CT molecular complexity index is 720. The van der Waals surface area contributed by atoms with Crippen molar-refractivity contribution in [3.63, 3.8) is 0 Å². The van der Waals surface area contributed by atoms with Crippen molar-refractivity contribution in [2.75, 3.05) is 20.8 Å². The highest BCUT2D eigenvalue weighted by Crippen LogP contribution is 2.17. The second kappa shape index (κ2) is 12.2. The SMILES string of the molecule is C=CCOc1ccccc1CNC(=NC)NCc1cccc(OC)c1.I. The molecule has 0 atom stereocenters. The van der Waals surface area contributed by atoms with Crippen LogP contribution in [0.3, 0.4) is 0 Å². The molecule has 0 aromatic heterocycles. The van der Waals surface area contributed by atoms with Crippen molar-refractivity contribution in [1.82, 2.24) is 10.6 Å². The minimum atomic E-state index is 0. The van der Waals surface area contributed by atoms with Crippen molar-refractivity contribution in [3.8, 4) is 11.5 Å². The Hall–Kier alpha value is -2.22. The average molecular weight is 467 g/mol. The van der Waals surface area contributed by atoms with Crippen LogP contribution in [0.25, 0.3) is 0 Å². The fourth-order valence-electron chi connectivity index (χ4n) is 2.31. The van der Waals surface area contributed by atoms with Gasteiger partial charge in [0.1, 0.15) is 18.1 Å². The van der Waals surface area contributed by atoms with Crippen LogP contribution in [0.15, 0.2) is 66.2 Å². The van der Waals surface area contributed by atoms with Crippen LogP contribution in [0.5, 0.6) is 11.5 Å². The van der Waals surface area contributed by atoms with E-state index in [1.165, 1.54) is 0 Å². The Balaban J connectivity index is 0.00000338. The van der Waals surface area contributed by atoms with Crippen LogP contribution in [0.1, 0.15) is 11.1 Å². The first kappa shape index (κ1) is 21.8. The van der Waals surface area contributed by atoms with E-state index in [2.05, 4.69) is 22.2 Å². The highest BCUT2D eigenvalue weighted by molar-refractivity contribution is 14.0. The van der Waals surface area contributed by atoms with Gasteiger partial charge in [-0.15, -0.1) is 24.0 Å². The number of para-hydroxylation sites is 1. The number of ether oxygens (including phenoxy) is 2. The summed E-state index contributed by atoms with van der Waals surface area (Å²) in [6.45, 7) is 5.44. The van der Waals surface area contributed by atoms with E-state index in [1.54, 1.807) is 20.2 Å². The molecule has 0 aliphatic rings. The van der Waals surface area contributed by atoms with Crippen molar-refractivity contribution < 1.29 is 9.47 Å². The van der Waals surface area contributed by atoms with E-state index in [4.69, 9.17) is 9.47 Å². The van der Waals surface area contributed by atoms with Crippen LogP contribution in [0, 0.1) is 0 Å². The normalized spacial score (nSPS) is 10.5. The summed E-state index contributed by atoms with van der Waals surface area (Å²) >= 11 is 0. The molecule has 2 N–H and O–H groups in total. The molecule has 0 unspecified atom stereocenters. The third-order valence-electron chi connectivity index (χ3n) is 3.59. The van der Waals surface area contributed by atoms with Gasteiger partial charge in [0, 0.05) is 25.7 Å². The van der Waals surface area contributed by atoms with E-state index in [9.17, 15) is 0 Å². The number of aliphatic imine (C=N–C) groups is 1. The van der Waals surface area contributed by atoms with Crippen molar-refractivity contribution in [1.29, 1.82) is 0 Å². The van der Waals surface area contributed by atoms with E-state index >= 15 is 0 Å². The van der Waals surface area contributed by atoms with Gasteiger partial charge in [-0.05, 0) is 23.8 Å². The molecule has 140 valence electrons. The molecule has 0 saturated carbocycles. The summed E-state index contributed by atoms with van der Waals surface area (Å²) in [5.41, 5.74) is 2.19. The topological polar surface area (TPSA) is 54.9 Å². The largest absolute Gasteiger partial charge is 0.497 e. The summed E-state index contributed by atoms with van der Waals surface area (Å²) in [4.78, 5) is 4.26. The van der Waals surface area contributed by atoms with Crippen LogP contribution in [-0.4, -0.2) is 26.7 Å². The third-order valence-corrected chi connectivity index (χ3v) is 3.59. The van der Waals surface area contributed by atoms with Gasteiger partial charge >= 0.3 is 0 Å². The first-order valence-corrected chi connectivity index (χ1v) is 8.16. The van der Waals surface area contributed by atoms with Crippen LogP contribution in [0.4, 0.5) is 0 Å². The number of methoxy groups -OCH3 is 1. The first-order valence-electron chi connectivity index (χ1n) is 8.16. The molecular weight excluding hydrogens is 441 g/mol. The van der Waals surface area contributed by atoms with Crippen molar-refractivity contribution >= 4 is 29.9 Å². The third kappa shape index (κ3) is 6.95. The van der Waals surface area contributed by atoms with E-state index in [-0.39, 0.29) is 24.0 Å². The molecule has 0 aliphatic heterocycles. The summed E-state index contributed by atoms with van der Waals surface area (Å²) in [7, 11) is 3.42. The Kier molecular flexibility index (Phi) is 10.2. The van der Waals surface area contributed by atoms with Gasteiger partial charge in [-0.1, -0.05) is 43.0 Å². The van der Waals surface area contributed by atoms with Crippen molar-refractivity contribution in [2.24, 2.45) is 4.99 Å². The standard InChI is InChI=1S/C20H25N3O2.HI/c1-4-12-25-19-11-6-5-9-17(19)15-23-20(21-2)22-14-16-8-7-10-18(13-16)24-3;/h4-11,13H,1,12,14-15H2,2-3H3,(H2,21,22,23);1H. The van der Waals surface area contributed by atoms with Gasteiger partial charge in [0.05, 0.1) is 7.11 Å². The van der Waals surface area contributed by atoms with Gasteiger partial charge in [0.15, 0.2) is 5.96 Å². The van der Waals surface area contributed by atoms with Gasteiger partial charge < -0.3 is 20.1 Å². The Morgan fingerprint density at radius 1 is 1.12 bits per heavy atom. The monoisotopic (exact) mass is 467 g/mol. The molecule has 2 aromatic carbocycles. The zero-order chi connectivity index (χ0) is 17.9. The van der Waals surface area contributed by atoms with Gasteiger partial charge in [0.2, 0.25) is 0 Å². The molecule has 26 heavy (non-hydrogen) atoms. The molecule has 0 spiro atoms. The molecule has 0 radical (unpaired) electrons. The van der Waals surface area contributed by atoms with E-state index in [0.717, 1.165) is 28.6 Å². The molecule has 2 rings (SSSR count). The highest BCUT2D eigenvalue weighted by Gasteiger charge is 2.04. The van der Waals surface area contributed by atoms with E-state index in [1.807, 2.05) is 48.5 Å². The number of rotatable bonds is 8. The zero-order valence-electron chi connectivity index (χ0n) is 15.2.